The molecule has 2 amide bonds. The number of benzene rings is 1. The van der Waals surface area contributed by atoms with Crippen LogP contribution in [0.4, 0.5) is 13.2 Å². The van der Waals surface area contributed by atoms with Gasteiger partial charge < -0.3 is 15.0 Å². The van der Waals surface area contributed by atoms with E-state index < -0.39 is 6.36 Å². The molecule has 0 radical (unpaired) electrons. The average molecular weight is 441 g/mol. The Bertz CT molecular complexity index is 833. The first-order chi connectivity index (χ1) is 14.3. The van der Waals surface area contributed by atoms with Crippen LogP contribution in [-0.4, -0.2) is 60.7 Å². The topological polar surface area (TPSA) is 61.9 Å². The van der Waals surface area contributed by atoms with Gasteiger partial charge in [-0.25, -0.2) is 0 Å². The minimum Gasteiger partial charge on any atom is -0.406 e. The highest BCUT2D eigenvalue weighted by Crippen LogP contribution is 2.23. The summed E-state index contributed by atoms with van der Waals surface area (Å²) in [5, 5.41) is 4.57. The lowest BCUT2D eigenvalue weighted by atomic mass is 10.2. The number of hydrogen-bond donors (Lipinski definition) is 1. The highest BCUT2D eigenvalue weighted by Gasteiger charge is 2.31. The summed E-state index contributed by atoms with van der Waals surface area (Å²) in [6.45, 7) is 3.38. The molecule has 0 unspecified atom stereocenters. The predicted molar refractivity (Wildman–Crippen MR) is 106 cm³/mol. The van der Waals surface area contributed by atoms with Gasteiger partial charge in [0.15, 0.2) is 0 Å². The summed E-state index contributed by atoms with van der Waals surface area (Å²) >= 11 is 1.35. The summed E-state index contributed by atoms with van der Waals surface area (Å²) in [5.41, 5.74) is 0.876. The minimum absolute atomic E-state index is 0.00483. The third-order valence-electron chi connectivity index (χ3n) is 4.66. The molecule has 0 saturated carbocycles. The molecule has 1 aromatic heterocycles. The number of halogens is 3. The quantitative estimate of drug-likeness (QED) is 0.717. The maximum Gasteiger partial charge on any atom is 0.573 e. The molecule has 2 heterocycles. The van der Waals surface area contributed by atoms with E-state index in [0.717, 1.165) is 5.56 Å². The van der Waals surface area contributed by atoms with E-state index >= 15 is 0 Å². The molecule has 1 aliphatic heterocycles. The number of alkyl halides is 3. The number of hydrogen-bond acceptors (Lipinski definition) is 5. The Labute approximate surface area is 176 Å². The lowest BCUT2D eigenvalue weighted by Crippen LogP contribution is -2.48. The molecule has 1 fully saturated rings. The molecule has 6 nitrogen and oxygen atoms in total. The van der Waals surface area contributed by atoms with E-state index in [1.54, 1.807) is 29.2 Å². The normalized spacial score (nSPS) is 15.1. The minimum atomic E-state index is -4.70. The van der Waals surface area contributed by atoms with E-state index in [-0.39, 0.29) is 24.0 Å². The number of carbonyl (C=O) groups is 2. The van der Waals surface area contributed by atoms with Crippen molar-refractivity contribution in [2.75, 3.05) is 32.7 Å². The number of ether oxygens (including phenoxy) is 1. The summed E-state index contributed by atoms with van der Waals surface area (Å²) in [6.07, 6.45) is -4.45. The molecule has 1 N–H and O–H groups in total. The number of piperazine rings is 1. The first-order valence-electron chi connectivity index (χ1n) is 9.47. The van der Waals surface area contributed by atoms with E-state index in [4.69, 9.17) is 0 Å². The van der Waals surface area contributed by atoms with Gasteiger partial charge in [0, 0.05) is 45.7 Å². The van der Waals surface area contributed by atoms with E-state index in [1.165, 1.54) is 23.5 Å². The standard InChI is InChI=1S/C20H22F3N3O3S/c21-20(22,23)29-16-5-3-15(4-6-16)14-25-9-11-26(12-10-25)18(27)7-8-24-19(28)17-2-1-13-30-17/h1-6,13H,7-12,14H2,(H,24,28). The molecule has 0 aliphatic carbocycles. The zero-order chi connectivity index (χ0) is 21.6. The summed E-state index contributed by atoms with van der Waals surface area (Å²) in [5.74, 6) is -0.420. The predicted octanol–water partition coefficient (Wildman–Crippen LogP) is 3.11. The van der Waals surface area contributed by atoms with Crippen LogP contribution >= 0.6 is 11.3 Å². The summed E-state index contributed by atoms with van der Waals surface area (Å²) < 4.78 is 40.5. The Morgan fingerprint density at radius 2 is 1.77 bits per heavy atom. The Hall–Kier alpha value is -2.59. The molecular weight excluding hydrogens is 419 g/mol. The van der Waals surface area contributed by atoms with Crippen LogP contribution in [0.2, 0.25) is 0 Å². The van der Waals surface area contributed by atoms with Gasteiger partial charge in [-0.1, -0.05) is 18.2 Å². The number of nitrogens with zero attached hydrogens (tertiary/aromatic N) is 2. The van der Waals surface area contributed by atoms with Crippen LogP contribution < -0.4 is 10.1 Å². The summed E-state index contributed by atoms with van der Waals surface area (Å²) in [7, 11) is 0. The summed E-state index contributed by atoms with van der Waals surface area (Å²) in [6, 6.07) is 9.34. The van der Waals surface area contributed by atoms with Gasteiger partial charge in [0.25, 0.3) is 5.91 Å². The van der Waals surface area contributed by atoms with Crippen LogP contribution in [0, 0.1) is 0 Å². The summed E-state index contributed by atoms with van der Waals surface area (Å²) in [4.78, 5) is 28.7. The molecule has 3 rings (SSSR count). The van der Waals surface area contributed by atoms with Gasteiger partial charge in [-0.15, -0.1) is 24.5 Å². The molecule has 0 spiro atoms. The Morgan fingerprint density at radius 1 is 1.07 bits per heavy atom. The monoisotopic (exact) mass is 441 g/mol. The highest BCUT2D eigenvalue weighted by atomic mass is 32.1. The number of rotatable bonds is 7. The maximum absolute atomic E-state index is 12.3. The molecule has 1 saturated heterocycles. The fraction of sp³-hybridized carbons (Fsp3) is 0.400. The number of amides is 2. The molecule has 162 valence electrons. The first kappa shape index (κ1) is 22.1. The molecule has 1 aromatic carbocycles. The van der Waals surface area contributed by atoms with Crippen molar-refractivity contribution in [1.82, 2.24) is 15.1 Å². The third-order valence-corrected chi connectivity index (χ3v) is 5.53. The zero-order valence-electron chi connectivity index (χ0n) is 16.2. The molecule has 10 heteroatoms. The van der Waals surface area contributed by atoms with E-state index in [9.17, 15) is 22.8 Å². The fourth-order valence-corrected chi connectivity index (χ4v) is 3.79. The van der Waals surface area contributed by atoms with Crippen molar-refractivity contribution < 1.29 is 27.5 Å². The van der Waals surface area contributed by atoms with Crippen LogP contribution in [0.15, 0.2) is 41.8 Å². The van der Waals surface area contributed by atoms with Crippen LogP contribution in [-0.2, 0) is 11.3 Å². The van der Waals surface area contributed by atoms with Gasteiger partial charge in [-0.2, -0.15) is 0 Å². The van der Waals surface area contributed by atoms with Crippen LogP contribution in [0.5, 0.6) is 5.75 Å². The van der Waals surface area contributed by atoms with E-state index in [1.807, 2.05) is 5.38 Å². The first-order valence-corrected chi connectivity index (χ1v) is 10.3. The largest absolute Gasteiger partial charge is 0.573 e. The van der Waals surface area contributed by atoms with Crippen molar-refractivity contribution >= 4 is 23.2 Å². The second kappa shape index (κ2) is 9.94. The lowest BCUT2D eigenvalue weighted by Gasteiger charge is -2.34. The number of nitrogens with one attached hydrogen (secondary N) is 1. The molecule has 2 aromatic rings. The fourth-order valence-electron chi connectivity index (χ4n) is 3.15. The molecule has 0 bridgehead atoms. The van der Waals surface area contributed by atoms with Crippen molar-refractivity contribution in [2.45, 2.75) is 19.3 Å². The van der Waals surface area contributed by atoms with Crippen molar-refractivity contribution in [3.63, 3.8) is 0 Å². The SMILES string of the molecule is O=C(NCCC(=O)N1CCN(Cc2ccc(OC(F)(F)F)cc2)CC1)c1cccs1. The van der Waals surface area contributed by atoms with Crippen LogP contribution in [0.1, 0.15) is 21.7 Å². The molecule has 1 aliphatic rings. The maximum atomic E-state index is 12.3. The molecule has 0 atom stereocenters. The molecule has 30 heavy (non-hydrogen) atoms. The Balaban J connectivity index is 1.37. The van der Waals surface area contributed by atoms with Gasteiger partial charge in [-0.05, 0) is 29.1 Å². The van der Waals surface area contributed by atoms with Crippen molar-refractivity contribution in [2.24, 2.45) is 0 Å². The third kappa shape index (κ3) is 6.74. The average Bonchev–Trinajstić information content (AvgIpc) is 3.24. The molecular formula is C20H22F3N3O3S. The smallest absolute Gasteiger partial charge is 0.406 e. The van der Waals surface area contributed by atoms with Crippen molar-refractivity contribution in [3.05, 3.63) is 52.2 Å². The zero-order valence-corrected chi connectivity index (χ0v) is 17.0. The van der Waals surface area contributed by atoms with Crippen LogP contribution in [0.3, 0.4) is 0 Å². The van der Waals surface area contributed by atoms with Crippen molar-refractivity contribution in [3.8, 4) is 5.75 Å². The Kier molecular flexibility index (Phi) is 7.33. The van der Waals surface area contributed by atoms with Gasteiger partial charge in [0.2, 0.25) is 5.91 Å². The number of carbonyl (C=O) groups excluding carboxylic acids is 2. The van der Waals surface area contributed by atoms with E-state index in [0.29, 0.717) is 44.1 Å². The van der Waals surface area contributed by atoms with Gasteiger partial charge in [0.05, 0.1) is 4.88 Å². The number of thiophene rings is 1. The second-order valence-electron chi connectivity index (χ2n) is 6.83. The van der Waals surface area contributed by atoms with E-state index in [2.05, 4.69) is 15.0 Å². The lowest BCUT2D eigenvalue weighted by molar-refractivity contribution is -0.274. The van der Waals surface area contributed by atoms with Gasteiger partial charge in [0.1, 0.15) is 5.75 Å². The second-order valence-corrected chi connectivity index (χ2v) is 7.78. The van der Waals surface area contributed by atoms with Crippen molar-refractivity contribution in [1.29, 1.82) is 0 Å². The van der Waals surface area contributed by atoms with Gasteiger partial charge >= 0.3 is 6.36 Å². The Morgan fingerprint density at radius 3 is 2.37 bits per heavy atom. The van der Waals surface area contributed by atoms with Gasteiger partial charge in [-0.3, -0.25) is 14.5 Å². The highest BCUT2D eigenvalue weighted by molar-refractivity contribution is 7.12. The van der Waals surface area contributed by atoms with Crippen LogP contribution in [0.25, 0.3) is 0 Å².